The number of rotatable bonds is 2. The van der Waals surface area contributed by atoms with Crippen LogP contribution < -0.4 is 0 Å². The first-order chi connectivity index (χ1) is 6.40. The molecule has 0 spiro atoms. The van der Waals surface area contributed by atoms with Gasteiger partial charge < -0.3 is 0 Å². The summed E-state index contributed by atoms with van der Waals surface area (Å²) in [4.78, 5) is 0. The minimum absolute atomic E-state index is 1.23. The first-order valence-corrected chi connectivity index (χ1v) is 6.26. The van der Waals surface area contributed by atoms with Crippen LogP contribution in [0.4, 0.5) is 0 Å². The van der Waals surface area contributed by atoms with Crippen molar-refractivity contribution < 1.29 is 0 Å². The predicted molar refractivity (Wildman–Crippen MR) is 66.2 cm³/mol. The Bertz CT molecular complexity index is 326. The maximum atomic E-state index is 2.45. The summed E-state index contributed by atoms with van der Waals surface area (Å²) in [5, 5.41) is 0. The average molecular weight is 284 g/mol. The van der Waals surface area contributed by atoms with Crippen LogP contribution in [0.5, 0.6) is 0 Å². The van der Waals surface area contributed by atoms with E-state index >= 15 is 0 Å². The second-order valence-electron chi connectivity index (χ2n) is 3.44. The summed E-state index contributed by atoms with van der Waals surface area (Å²) in [6.45, 7) is 0. The van der Waals surface area contributed by atoms with E-state index in [-0.39, 0.29) is 0 Å². The smallest absolute Gasteiger partial charge is 0.00327 e. The zero-order valence-corrected chi connectivity index (χ0v) is 9.75. The van der Waals surface area contributed by atoms with Gasteiger partial charge in [-0.15, -0.1) is 0 Å². The average Bonchev–Trinajstić information content (AvgIpc) is 2.18. The Kier molecular flexibility index (Phi) is 3.04. The molecule has 0 nitrogen and oxygen atoms in total. The maximum Gasteiger partial charge on any atom is 0.00327 e. The highest BCUT2D eigenvalue weighted by Gasteiger charge is 2.08. The van der Waals surface area contributed by atoms with Gasteiger partial charge >= 0.3 is 0 Å². The Morgan fingerprint density at radius 3 is 2.85 bits per heavy atom. The van der Waals surface area contributed by atoms with Gasteiger partial charge in [0, 0.05) is 4.43 Å². The summed E-state index contributed by atoms with van der Waals surface area (Å²) in [6, 6.07) is 8.73. The zero-order valence-electron chi connectivity index (χ0n) is 7.59. The minimum Gasteiger partial charge on any atom is -0.0860 e. The lowest BCUT2D eigenvalue weighted by Gasteiger charge is -2.15. The van der Waals surface area contributed by atoms with Crippen LogP contribution in [0.25, 0.3) is 6.08 Å². The number of hydrogen-bond acceptors (Lipinski definition) is 0. The monoisotopic (exact) mass is 284 g/mol. The summed E-state index contributed by atoms with van der Waals surface area (Å²) >= 11 is 2.45. The third kappa shape index (κ3) is 2.13. The molecule has 0 bridgehead atoms. The lowest BCUT2D eigenvalue weighted by Crippen LogP contribution is -1.99. The van der Waals surface area contributed by atoms with Crippen molar-refractivity contribution in [2.45, 2.75) is 19.3 Å². The van der Waals surface area contributed by atoms with Crippen LogP contribution in [0.2, 0.25) is 0 Å². The van der Waals surface area contributed by atoms with Crippen LogP contribution in [-0.2, 0) is 6.42 Å². The van der Waals surface area contributed by atoms with Crippen molar-refractivity contribution in [3.63, 3.8) is 0 Å². The van der Waals surface area contributed by atoms with Gasteiger partial charge in [0.25, 0.3) is 0 Å². The minimum atomic E-state index is 1.23. The number of alkyl halides is 1. The third-order valence-corrected chi connectivity index (χ3v) is 3.09. The fourth-order valence-corrected chi connectivity index (χ4v) is 2.50. The number of aryl methyl sites for hydroxylation is 1. The molecule has 0 heterocycles. The number of fused-ring (bicyclic) bond motifs is 1. The van der Waals surface area contributed by atoms with Gasteiger partial charge in [-0.3, -0.25) is 0 Å². The summed E-state index contributed by atoms with van der Waals surface area (Å²) in [5.41, 5.74) is 4.57. The van der Waals surface area contributed by atoms with Crippen LogP contribution >= 0.6 is 22.6 Å². The molecule has 1 heteroatoms. The molecule has 1 aromatic carbocycles. The lowest BCUT2D eigenvalue weighted by molar-refractivity contribution is 0.883. The maximum absolute atomic E-state index is 2.45. The Morgan fingerprint density at radius 2 is 2.00 bits per heavy atom. The molecule has 0 saturated heterocycles. The predicted octanol–water partition coefficient (Wildman–Crippen LogP) is 3.84. The molecule has 1 aliphatic carbocycles. The van der Waals surface area contributed by atoms with Crippen molar-refractivity contribution in [3.05, 3.63) is 41.0 Å². The van der Waals surface area contributed by atoms with E-state index < -0.39 is 0 Å². The van der Waals surface area contributed by atoms with Gasteiger partial charge in [-0.2, -0.15) is 0 Å². The molecule has 0 aromatic heterocycles. The molecular formula is C12H13I. The van der Waals surface area contributed by atoms with E-state index in [1.165, 1.54) is 34.8 Å². The molecule has 0 amide bonds. The van der Waals surface area contributed by atoms with Gasteiger partial charge in [0.05, 0.1) is 0 Å². The molecule has 1 aliphatic rings. The standard InChI is InChI=1S/C12H13I/c13-8-7-10-5-6-11-3-1-2-4-12(11)9-10/h1-4,9H,5-8H2. The van der Waals surface area contributed by atoms with Crippen LogP contribution in [0.15, 0.2) is 29.8 Å². The Labute approximate surface area is 93.2 Å². The van der Waals surface area contributed by atoms with Gasteiger partial charge in [0.1, 0.15) is 0 Å². The molecule has 0 fully saturated rings. The van der Waals surface area contributed by atoms with Crippen LogP contribution in [0, 0.1) is 0 Å². The molecule has 13 heavy (non-hydrogen) atoms. The molecule has 2 rings (SSSR count). The third-order valence-electron chi connectivity index (χ3n) is 2.55. The van der Waals surface area contributed by atoms with Gasteiger partial charge in [-0.05, 0) is 30.4 Å². The molecule has 0 saturated carbocycles. The summed E-state index contributed by atoms with van der Waals surface area (Å²) in [7, 11) is 0. The van der Waals surface area contributed by atoms with E-state index in [0.29, 0.717) is 0 Å². The molecule has 0 N–H and O–H groups in total. The van der Waals surface area contributed by atoms with Crippen molar-refractivity contribution >= 4 is 28.7 Å². The Balaban J connectivity index is 2.28. The number of allylic oxidation sites excluding steroid dienone is 1. The zero-order chi connectivity index (χ0) is 9.10. The first kappa shape index (κ1) is 9.25. The largest absolute Gasteiger partial charge is 0.0860 e. The highest BCUT2D eigenvalue weighted by Crippen LogP contribution is 2.25. The van der Waals surface area contributed by atoms with E-state index in [1.54, 1.807) is 5.57 Å². The van der Waals surface area contributed by atoms with Crippen LogP contribution in [0.1, 0.15) is 24.0 Å². The first-order valence-electron chi connectivity index (χ1n) is 4.73. The Morgan fingerprint density at radius 1 is 1.15 bits per heavy atom. The summed E-state index contributed by atoms with van der Waals surface area (Å²) in [5.74, 6) is 0. The van der Waals surface area contributed by atoms with Gasteiger partial charge in [0.2, 0.25) is 0 Å². The molecule has 0 unspecified atom stereocenters. The van der Waals surface area contributed by atoms with E-state index in [2.05, 4.69) is 52.9 Å². The van der Waals surface area contributed by atoms with Crippen molar-refractivity contribution in [1.82, 2.24) is 0 Å². The fourth-order valence-electron chi connectivity index (χ4n) is 1.81. The normalized spacial score (nSPS) is 15.0. The van der Waals surface area contributed by atoms with Crippen LogP contribution in [0.3, 0.4) is 0 Å². The van der Waals surface area contributed by atoms with Crippen molar-refractivity contribution in [2.75, 3.05) is 4.43 Å². The van der Waals surface area contributed by atoms with Crippen LogP contribution in [-0.4, -0.2) is 4.43 Å². The molecule has 0 radical (unpaired) electrons. The highest BCUT2D eigenvalue weighted by atomic mass is 127. The van der Waals surface area contributed by atoms with E-state index in [1.807, 2.05) is 0 Å². The number of hydrogen-bond donors (Lipinski definition) is 0. The Hall–Kier alpha value is -0.310. The lowest BCUT2D eigenvalue weighted by atomic mass is 9.91. The number of halogens is 1. The molecule has 0 atom stereocenters. The second kappa shape index (κ2) is 4.27. The van der Waals surface area contributed by atoms with Gasteiger partial charge in [-0.25, -0.2) is 0 Å². The SMILES string of the molecule is ICCC1=Cc2ccccc2CC1. The summed E-state index contributed by atoms with van der Waals surface area (Å²) in [6.07, 6.45) is 6.13. The van der Waals surface area contributed by atoms with Gasteiger partial charge in [0.15, 0.2) is 0 Å². The second-order valence-corrected chi connectivity index (χ2v) is 4.52. The summed E-state index contributed by atoms with van der Waals surface area (Å²) < 4.78 is 1.24. The van der Waals surface area contributed by atoms with Crippen molar-refractivity contribution in [3.8, 4) is 0 Å². The van der Waals surface area contributed by atoms with E-state index in [9.17, 15) is 0 Å². The highest BCUT2D eigenvalue weighted by molar-refractivity contribution is 14.1. The van der Waals surface area contributed by atoms with Gasteiger partial charge in [-0.1, -0.05) is 58.5 Å². The van der Waals surface area contributed by atoms with E-state index in [0.717, 1.165) is 0 Å². The molecule has 0 aliphatic heterocycles. The number of benzene rings is 1. The van der Waals surface area contributed by atoms with Crippen molar-refractivity contribution in [2.24, 2.45) is 0 Å². The molecular weight excluding hydrogens is 271 g/mol. The molecule has 68 valence electrons. The quantitative estimate of drug-likeness (QED) is 0.571. The van der Waals surface area contributed by atoms with E-state index in [4.69, 9.17) is 0 Å². The fraction of sp³-hybridized carbons (Fsp3) is 0.333. The topological polar surface area (TPSA) is 0 Å². The van der Waals surface area contributed by atoms with Crippen molar-refractivity contribution in [1.29, 1.82) is 0 Å². The molecule has 1 aromatic rings.